The van der Waals surface area contributed by atoms with Gasteiger partial charge in [-0.1, -0.05) is 12.1 Å². The Bertz CT molecular complexity index is 773. The van der Waals surface area contributed by atoms with Crippen molar-refractivity contribution in [1.29, 1.82) is 0 Å². The summed E-state index contributed by atoms with van der Waals surface area (Å²) in [5.41, 5.74) is 1.39. The fraction of sp³-hybridized carbons (Fsp3) is 0.412. The zero-order chi connectivity index (χ0) is 15.7. The van der Waals surface area contributed by atoms with Gasteiger partial charge in [0.2, 0.25) is 6.08 Å². The maximum absolute atomic E-state index is 12.3. The maximum atomic E-state index is 12.3. The Morgan fingerprint density at radius 3 is 2.32 bits per heavy atom. The van der Waals surface area contributed by atoms with Gasteiger partial charge in [0.15, 0.2) is 0 Å². The van der Waals surface area contributed by atoms with Gasteiger partial charge in [0.05, 0.1) is 11.2 Å². The van der Waals surface area contributed by atoms with Crippen LogP contribution in [0.4, 0.5) is 0 Å². The highest BCUT2D eigenvalue weighted by atomic mass is 16.1. The van der Waals surface area contributed by atoms with E-state index in [9.17, 15) is 9.59 Å². The van der Waals surface area contributed by atoms with Crippen molar-refractivity contribution in [3.8, 4) is 5.69 Å². The molecule has 1 aliphatic rings. The van der Waals surface area contributed by atoms with Crippen molar-refractivity contribution in [2.24, 2.45) is 4.99 Å². The van der Waals surface area contributed by atoms with Crippen LogP contribution in [-0.4, -0.2) is 15.2 Å². The van der Waals surface area contributed by atoms with E-state index in [1.54, 1.807) is 27.6 Å². The van der Waals surface area contributed by atoms with Gasteiger partial charge >= 0.3 is 5.69 Å². The monoisotopic (exact) mass is 297 g/mol. The molecule has 1 aromatic carbocycles. The van der Waals surface area contributed by atoms with Crippen molar-refractivity contribution in [3.05, 3.63) is 52.7 Å². The van der Waals surface area contributed by atoms with Crippen LogP contribution < -0.4 is 5.69 Å². The van der Waals surface area contributed by atoms with Crippen molar-refractivity contribution in [1.82, 2.24) is 9.13 Å². The van der Waals surface area contributed by atoms with E-state index in [-0.39, 0.29) is 11.7 Å². The van der Waals surface area contributed by atoms with E-state index < -0.39 is 5.54 Å². The number of hydrogen-bond acceptors (Lipinski definition) is 3. The number of imidazole rings is 1. The topological polar surface area (TPSA) is 56.4 Å². The molecule has 0 saturated heterocycles. The number of nitrogens with zero attached hydrogens (tertiary/aromatic N) is 3. The Morgan fingerprint density at radius 1 is 1.18 bits per heavy atom. The summed E-state index contributed by atoms with van der Waals surface area (Å²) < 4.78 is 3.32. The molecule has 1 aromatic heterocycles. The summed E-state index contributed by atoms with van der Waals surface area (Å²) in [5, 5.41) is 0. The molecule has 5 nitrogen and oxygen atoms in total. The van der Waals surface area contributed by atoms with Crippen LogP contribution in [0, 0.1) is 0 Å². The summed E-state index contributed by atoms with van der Waals surface area (Å²) in [6, 6.07) is 7.85. The SMILES string of the molecule is CC(C)n1ccn(-c2ccc(C3(N=C=O)CCC3)cc2)c1=O. The highest BCUT2D eigenvalue weighted by Crippen LogP contribution is 2.44. The summed E-state index contributed by atoms with van der Waals surface area (Å²) in [6.45, 7) is 3.96. The molecule has 2 aromatic rings. The highest BCUT2D eigenvalue weighted by molar-refractivity contribution is 5.42. The number of hydrogen-bond donors (Lipinski definition) is 0. The van der Waals surface area contributed by atoms with E-state index in [0.717, 1.165) is 30.5 Å². The average Bonchev–Trinajstić information content (AvgIpc) is 2.85. The van der Waals surface area contributed by atoms with E-state index in [0.29, 0.717) is 0 Å². The molecular formula is C17H19N3O2. The summed E-state index contributed by atoms with van der Waals surface area (Å²) in [6.07, 6.45) is 8.10. The van der Waals surface area contributed by atoms with Crippen LogP contribution in [0.2, 0.25) is 0 Å². The van der Waals surface area contributed by atoms with Gasteiger partial charge in [0.25, 0.3) is 0 Å². The standard InChI is InChI=1S/C17H19N3O2/c1-13(2)19-10-11-20(16(19)22)15-6-4-14(5-7-15)17(18-12-21)8-3-9-17/h4-7,10-11,13H,3,8-9H2,1-2H3. The summed E-state index contributed by atoms with van der Waals surface area (Å²) >= 11 is 0. The second-order valence-corrected chi connectivity index (χ2v) is 6.09. The first-order chi connectivity index (χ1) is 10.6. The number of benzene rings is 1. The zero-order valence-electron chi connectivity index (χ0n) is 12.8. The summed E-state index contributed by atoms with van der Waals surface area (Å²) in [5.74, 6) is 0. The predicted octanol–water partition coefficient (Wildman–Crippen LogP) is 2.93. The van der Waals surface area contributed by atoms with Crippen molar-refractivity contribution >= 4 is 6.08 Å². The van der Waals surface area contributed by atoms with Gasteiger partial charge in [-0.25, -0.2) is 9.59 Å². The third-order valence-corrected chi connectivity index (χ3v) is 4.48. The predicted molar refractivity (Wildman–Crippen MR) is 84.1 cm³/mol. The van der Waals surface area contributed by atoms with Gasteiger partial charge in [0, 0.05) is 18.4 Å². The first-order valence-corrected chi connectivity index (χ1v) is 7.57. The van der Waals surface area contributed by atoms with E-state index in [1.165, 1.54) is 0 Å². The van der Waals surface area contributed by atoms with Crippen LogP contribution in [0.25, 0.3) is 5.69 Å². The Balaban J connectivity index is 1.95. The highest BCUT2D eigenvalue weighted by Gasteiger charge is 2.38. The average molecular weight is 297 g/mol. The molecule has 22 heavy (non-hydrogen) atoms. The molecule has 0 radical (unpaired) electrons. The molecule has 5 heteroatoms. The molecule has 0 aliphatic heterocycles. The Hall–Kier alpha value is -2.39. The minimum absolute atomic E-state index is 0.0491. The molecule has 1 fully saturated rings. The normalized spacial score (nSPS) is 16.1. The van der Waals surface area contributed by atoms with Crippen LogP contribution >= 0.6 is 0 Å². The largest absolute Gasteiger partial charge is 0.332 e. The molecule has 0 atom stereocenters. The van der Waals surface area contributed by atoms with Crippen molar-refractivity contribution < 1.29 is 4.79 Å². The lowest BCUT2D eigenvalue weighted by molar-refractivity contribution is 0.256. The van der Waals surface area contributed by atoms with Crippen LogP contribution in [0.15, 0.2) is 46.4 Å². The lowest BCUT2D eigenvalue weighted by atomic mass is 9.72. The summed E-state index contributed by atoms with van der Waals surface area (Å²) in [4.78, 5) is 27.0. The molecular weight excluding hydrogens is 278 g/mol. The fourth-order valence-corrected chi connectivity index (χ4v) is 2.98. The van der Waals surface area contributed by atoms with E-state index >= 15 is 0 Å². The van der Waals surface area contributed by atoms with Gasteiger partial charge in [-0.2, -0.15) is 4.99 Å². The molecule has 0 amide bonds. The third-order valence-electron chi connectivity index (χ3n) is 4.48. The van der Waals surface area contributed by atoms with Crippen LogP contribution in [0.3, 0.4) is 0 Å². The first kappa shape index (κ1) is 14.5. The van der Waals surface area contributed by atoms with Crippen LogP contribution in [0.5, 0.6) is 0 Å². The number of isocyanates is 1. The van der Waals surface area contributed by atoms with Crippen LogP contribution in [-0.2, 0) is 10.3 Å². The van der Waals surface area contributed by atoms with Crippen molar-refractivity contribution in [2.45, 2.75) is 44.7 Å². The first-order valence-electron chi connectivity index (χ1n) is 7.57. The minimum atomic E-state index is -0.394. The lowest BCUT2D eigenvalue weighted by Crippen LogP contribution is -2.31. The molecule has 1 saturated carbocycles. The molecule has 0 spiro atoms. The van der Waals surface area contributed by atoms with E-state index in [4.69, 9.17) is 0 Å². The second-order valence-electron chi connectivity index (χ2n) is 6.09. The van der Waals surface area contributed by atoms with Crippen molar-refractivity contribution in [3.63, 3.8) is 0 Å². The quantitative estimate of drug-likeness (QED) is 0.643. The van der Waals surface area contributed by atoms with Crippen LogP contribution in [0.1, 0.15) is 44.7 Å². The van der Waals surface area contributed by atoms with E-state index in [2.05, 4.69) is 4.99 Å². The molecule has 1 aliphatic carbocycles. The third kappa shape index (κ3) is 2.24. The van der Waals surface area contributed by atoms with Gasteiger partial charge in [-0.3, -0.25) is 9.13 Å². The maximum Gasteiger partial charge on any atom is 0.332 e. The summed E-state index contributed by atoms with van der Waals surface area (Å²) in [7, 11) is 0. The Kier molecular flexibility index (Phi) is 3.59. The van der Waals surface area contributed by atoms with Gasteiger partial charge < -0.3 is 0 Å². The molecule has 114 valence electrons. The number of carbonyl (C=O) groups excluding carboxylic acids is 1. The lowest BCUT2D eigenvalue weighted by Gasteiger charge is -2.37. The Morgan fingerprint density at radius 2 is 1.86 bits per heavy atom. The molecule has 0 N–H and O–H groups in total. The fourth-order valence-electron chi connectivity index (χ4n) is 2.98. The molecule has 1 heterocycles. The molecule has 3 rings (SSSR count). The molecule has 0 unspecified atom stereocenters. The van der Waals surface area contributed by atoms with Gasteiger partial charge in [0.1, 0.15) is 0 Å². The van der Waals surface area contributed by atoms with E-state index in [1.807, 2.05) is 38.1 Å². The smallest absolute Gasteiger partial charge is 0.296 e. The second kappa shape index (κ2) is 5.43. The van der Waals surface area contributed by atoms with Gasteiger partial charge in [-0.15, -0.1) is 0 Å². The number of rotatable bonds is 4. The number of aromatic nitrogens is 2. The molecule has 0 bridgehead atoms. The Labute approximate surface area is 128 Å². The zero-order valence-corrected chi connectivity index (χ0v) is 12.8. The van der Waals surface area contributed by atoms with Crippen molar-refractivity contribution in [2.75, 3.05) is 0 Å². The van der Waals surface area contributed by atoms with Gasteiger partial charge in [-0.05, 0) is 50.8 Å². The number of aliphatic imine (C=N–C) groups is 1. The minimum Gasteiger partial charge on any atom is -0.296 e.